The first-order chi connectivity index (χ1) is 10.1. The summed E-state index contributed by atoms with van der Waals surface area (Å²) < 4.78 is 12.2. The van der Waals surface area contributed by atoms with Crippen LogP contribution in [-0.4, -0.2) is 34.0 Å². The van der Waals surface area contributed by atoms with Crippen LogP contribution in [0, 0.1) is 4.77 Å². The first-order valence-electron chi connectivity index (χ1n) is 6.07. The second-order valence-electron chi connectivity index (χ2n) is 4.28. The number of nitrogens with one attached hydrogen (secondary N) is 2. The first-order valence-corrected chi connectivity index (χ1v) is 6.48. The average Bonchev–Trinajstić information content (AvgIpc) is 2.97. The number of H-pyrrole nitrogens is 2. The van der Waals surface area contributed by atoms with Gasteiger partial charge in [-0.25, -0.2) is 0 Å². The maximum atomic E-state index is 11.8. The van der Waals surface area contributed by atoms with Gasteiger partial charge in [0, 0.05) is 5.56 Å². The molecule has 0 spiro atoms. The van der Waals surface area contributed by atoms with E-state index < -0.39 is 0 Å². The quantitative estimate of drug-likeness (QED) is 0.720. The van der Waals surface area contributed by atoms with E-state index in [1.165, 1.54) is 4.52 Å². The predicted molar refractivity (Wildman–Crippen MR) is 79.5 cm³/mol. The summed E-state index contributed by atoms with van der Waals surface area (Å²) in [6, 6.07) is 7.08. The van der Waals surface area contributed by atoms with E-state index in [4.69, 9.17) is 21.7 Å². The second-order valence-corrected chi connectivity index (χ2v) is 4.67. The van der Waals surface area contributed by atoms with E-state index in [2.05, 4.69) is 15.3 Å². The summed E-state index contributed by atoms with van der Waals surface area (Å²) in [6.45, 7) is 0. The molecular weight excluding hydrogens is 292 g/mol. The first kappa shape index (κ1) is 13.4. The Kier molecular flexibility index (Phi) is 3.22. The molecule has 0 aliphatic rings. The molecule has 0 atom stereocenters. The molecule has 0 fully saturated rings. The molecule has 8 heteroatoms. The number of rotatable bonds is 3. The fourth-order valence-electron chi connectivity index (χ4n) is 2.06. The smallest absolute Gasteiger partial charge is 0.288 e. The molecule has 1 aromatic carbocycles. The van der Waals surface area contributed by atoms with Gasteiger partial charge in [-0.2, -0.15) is 9.61 Å². The van der Waals surface area contributed by atoms with E-state index in [1.807, 2.05) is 6.07 Å². The molecule has 3 rings (SSSR count). The van der Waals surface area contributed by atoms with Crippen molar-refractivity contribution in [2.45, 2.75) is 0 Å². The van der Waals surface area contributed by atoms with Crippen molar-refractivity contribution in [1.82, 2.24) is 19.8 Å². The van der Waals surface area contributed by atoms with Crippen LogP contribution < -0.4 is 15.0 Å². The van der Waals surface area contributed by atoms with Crippen LogP contribution in [-0.2, 0) is 0 Å². The maximum absolute atomic E-state index is 11.8. The van der Waals surface area contributed by atoms with Gasteiger partial charge in [0.1, 0.15) is 5.52 Å². The zero-order valence-electron chi connectivity index (χ0n) is 11.3. The third-order valence-electron chi connectivity index (χ3n) is 3.10. The Hall–Kier alpha value is -2.61. The zero-order valence-corrected chi connectivity index (χ0v) is 12.2. The molecule has 2 N–H and O–H groups in total. The molecule has 0 amide bonds. The van der Waals surface area contributed by atoms with Crippen molar-refractivity contribution in [3.8, 4) is 22.8 Å². The van der Waals surface area contributed by atoms with Crippen LogP contribution in [0.2, 0.25) is 0 Å². The van der Waals surface area contributed by atoms with Gasteiger partial charge in [0.25, 0.3) is 5.56 Å². The number of methoxy groups -OCH3 is 2. The van der Waals surface area contributed by atoms with Crippen molar-refractivity contribution in [3.05, 3.63) is 39.4 Å². The van der Waals surface area contributed by atoms with Crippen LogP contribution in [0.5, 0.6) is 11.5 Å². The monoisotopic (exact) mass is 304 g/mol. The number of aromatic nitrogens is 4. The van der Waals surface area contributed by atoms with E-state index in [0.717, 1.165) is 5.56 Å². The highest BCUT2D eigenvalue weighted by molar-refractivity contribution is 7.71. The molecule has 0 unspecified atom stereocenters. The van der Waals surface area contributed by atoms with E-state index in [9.17, 15) is 4.79 Å². The molecule has 0 saturated heterocycles. The van der Waals surface area contributed by atoms with Crippen molar-refractivity contribution in [2.75, 3.05) is 14.2 Å². The van der Waals surface area contributed by atoms with Gasteiger partial charge >= 0.3 is 0 Å². The molecule has 0 radical (unpaired) electrons. The van der Waals surface area contributed by atoms with Gasteiger partial charge in [-0.15, -0.1) is 0 Å². The topological polar surface area (TPSA) is 84.4 Å². The van der Waals surface area contributed by atoms with Gasteiger partial charge in [-0.3, -0.25) is 15.0 Å². The molecule has 0 saturated carbocycles. The Balaban J connectivity index is 2.21. The van der Waals surface area contributed by atoms with Gasteiger partial charge in [-0.05, 0) is 36.5 Å². The summed E-state index contributed by atoms with van der Waals surface area (Å²) in [5, 5.41) is 9.38. The molecule has 0 aliphatic heterocycles. The molecule has 3 aromatic rings. The molecule has 2 heterocycles. The van der Waals surface area contributed by atoms with Crippen LogP contribution in [0.25, 0.3) is 16.8 Å². The van der Waals surface area contributed by atoms with Crippen molar-refractivity contribution >= 4 is 17.7 Å². The third kappa shape index (κ3) is 2.19. The van der Waals surface area contributed by atoms with Crippen LogP contribution in [0.15, 0.2) is 29.1 Å². The van der Waals surface area contributed by atoms with Crippen molar-refractivity contribution in [3.63, 3.8) is 0 Å². The predicted octanol–water partition coefficient (Wildman–Crippen LogP) is 1.76. The number of nitrogens with zero attached hydrogens (tertiary/aromatic N) is 2. The SMILES string of the molecule is COc1ccc(-c2cc3c(=O)[nH][nH]c(=S)n3n2)cc1OC. The lowest BCUT2D eigenvalue weighted by molar-refractivity contribution is 0.355. The molecule has 7 nitrogen and oxygen atoms in total. The molecule has 0 bridgehead atoms. The Morgan fingerprint density at radius 3 is 2.57 bits per heavy atom. The summed E-state index contributed by atoms with van der Waals surface area (Å²) in [7, 11) is 3.13. The fraction of sp³-hybridized carbons (Fsp3) is 0.154. The maximum Gasteiger partial charge on any atom is 0.288 e. The minimum atomic E-state index is -0.289. The van der Waals surface area contributed by atoms with Crippen LogP contribution in [0.4, 0.5) is 0 Å². The minimum absolute atomic E-state index is 0.289. The van der Waals surface area contributed by atoms with Gasteiger partial charge < -0.3 is 9.47 Å². The molecule has 2 aromatic heterocycles. The van der Waals surface area contributed by atoms with Crippen LogP contribution in [0.3, 0.4) is 0 Å². The molecule has 0 aliphatic carbocycles. The number of fused-ring (bicyclic) bond motifs is 1. The van der Waals surface area contributed by atoms with Gasteiger partial charge in [0.15, 0.2) is 11.5 Å². The standard InChI is InChI=1S/C13H12N4O3S/c1-19-10-4-3-7(5-11(10)20-2)8-6-9-12(18)14-15-13(21)17(9)16-8/h3-6H,1-2H3,(H,14,18)(H,15,21). The Labute approximate surface area is 124 Å². The fourth-order valence-corrected chi connectivity index (χ4v) is 2.25. The number of hydrogen-bond acceptors (Lipinski definition) is 5. The highest BCUT2D eigenvalue weighted by atomic mass is 32.1. The third-order valence-corrected chi connectivity index (χ3v) is 3.37. The van der Waals surface area contributed by atoms with Crippen molar-refractivity contribution in [2.24, 2.45) is 0 Å². The Morgan fingerprint density at radius 2 is 1.90 bits per heavy atom. The second kappa shape index (κ2) is 5.06. The summed E-state index contributed by atoms with van der Waals surface area (Å²) in [5.74, 6) is 1.21. The average molecular weight is 304 g/mol. The van der Waals surface area contributed by atoms with Crippen molar-refractivity contribution < 1.29 is 9.47 Å². The van der Waals surface area contributed by atoms with Gasteiger partial charge in [0.05, 0.1) is 19.9 Å². The number of hydrogen-bond donors (Lipinski definition) is 2. The number of aromatic amines is 2. The minimum Gasteiger partial charge on any atom is -0.493 e. The Bertz CT molecular complexity index is 878. The van der Waals surface area contributed by atoms with E-state index in [0.29, 0.717) is 27.5 Å². The lowest BCUT2D eigenvalue weighted by Gasteiger charge is -2.08. The van der Waals surface area contributed by atoms with E-state index in [1.54, 1.807) is 32.4 Å². The van der Waals surface area contributed by atoms with Crippen molar-refractivity contribution in [1.29, 1.82) is 0 Å². The van der Waals surface area contributed by atoms with Crippen LogP contribution in [0.1, 0.15) is 0 Å². The molecular formula is C13H12N4O3S. The largest absolute Gasteiger partial charge is 0.493 e. The summed E-state index contributed by atoms with van der Waals surface area (Å²) in [4.78, 5) is 11.8. The lowest BCUT2D eigenvalue weighted by atomic mass is 10.1. The lowest BCUT2D eigenvalue weighted by Crippen LogP contribution is -2.12. The summed E-state index contributed by atoms with van der Waals surface area (Å²) >= 11 is 5.09. The van der Waals surface area contributed by atoms with E-state index >= 15 is 0 Å². The Morgan fingerprint density at radius 1 is 1.14 bits per heavy atom. The van der Waals surface area contributed by atoms with Gasteiger partial charge in [-0.1, -0.05) is 0 Å². The molecule has 21 heavy (non-hydrogen) atoms. The van der Waals surface area contributed by atoms with E-state index in [-0.39, 0.29) is 5.56 Å². The highest BCUT2D eigenvalue weighted by Crippen LogP contribution is 2.31. The highest BCUT2D eigenvalue weighted by Gasteiger charge is 2.11. The molecule has 108 valence electrons. The summed E-state index contributed by atoms with van der Waals surface area (Å²) in [6.07, 6.45) is 0. The number of ether oxygens (including phenoxy) is 2. The normalized spacial score (nSPS) is 10.8. The zero-order chi connectivity index (χ0) is 15.0. The number of benzene rings is 1. The summed E-state index contributed by atoms with van der Waals surface area (Å²) in [5.41, 5.74) is 1.50. The van der Waals surface area contributed by atoms with Crippen LogP contribution >= 0.6 is 12.2 Å². The van der Waals surface area contributed by atoms with Gasteiger partial charge in [0.2, 0.25) is 4.77 Å².